The first-order valence-electron chi connectivity index (χ1n) is 32.6. The van der Waals surface area contributed by atoms with Crippen molar-refractivity contribution in [1.29, 1.82) is 0 Å². The Hall–Kier alpha value is -10.1. The first-order chi connectivity index (χ1) is 46.8. The van der Waals surface area contributed by atoms with E-state index in [1.54, 1.807) is 72.6 Å². The first-order valence-corrected chi connectivity index (χ1v) is 33.5. The molecule has 1 aliphatic carbocycles. The first kappa shape index (κ1) is 67.8. The van der Waals surface area contributed by atoms with E-state index in [2.05, 4.69) is 47.7 Å². The zero-order valence-electron chi connectivity index (χ0n) is 54.6. The number of aliphatic hydroxyl groups excluding tert-OH is 1. The van der Waals surface area contributed by atoms with Crippen molar-refractivity contribution in [3.63, 3.8) is 0 Å². The van der Waals surface area contributed by atoms with Crippen molar-refractivity contribution in [1.82, 2.24) is 45.6 Å². The van der Waals surface area contributed by atoms with Gasteiger partial charge >= 0.3 is 6.36 Å². The molecule has 3 fully saturated rings. The fraction of sp³-hybridized carbons (Fsp3) is 0.375. The standard InChI is InChI=1S/C72H75F4N13O8S/c1-43-62(98-42-82-43)48-18-16-47(17-19-48)55(83-67(94)57-36-52(90)39-89(57)68(95)63(70(2,3)4)84-69(96)71(73)24-25-71)37-59(91)86-31-29-85(30-32-86)58-22-13-45(38-79-58)10-9-44-11-14-49(15-12-44)66(93)78-26-6-27-87-40-54(61-64(77)80-41-81-65(61)87)50-20-21-56-51(35-50)23-28-88(56)60(92)34-46-7-5-8-53(33-46)97-72(74,75)76/h5,7-8,11-22,33,35,38,40,42,52,55,57,63,80,90H,6,23-32,34,36-37,39,41,77H2,1-4H3,(H,78,93)(H,83,94)(H,84,96)/t52-,55+,57+,63-/m1/s1. The highest BCUT2D eigenvalue weighted by atomic mass is 32.1. The highest BCUT2D eigenvalue weighted by molar-refractivity contribution is 7.13. The quantitative estimate of drug-likeness (QED) is 0.0294. The van der Waals surface area contributed by atoms with Gasteiger partial charge in [-0.15, -0.1) is 24.5 Å². The number of carbonyl (C=O) groups is 6. The van der Waals surface area contributed by atoms with E-state index in [4.69, 9.17) is 15.7 Å². The minimum absolute atomic E-state index is 0.0640. The molecule has 26 heteroatoms. The number of aromatic nitrogens is 3. The second kappa shape index (κ2) is 28.1. The summed E-state index contributed by atoms with van der Waals surface area (Å²) in [6, 6.07) is 26.4. The van der Waals surface area contributed by atoms with Crippen LogP contribution in [-0.2, 0) is 43.4 Å². The van der Waals surface area contributed by atoms with Crippen LogP contribution < -0.4 is 52.2 Å². The maximum absolute atomic E-state index is 14.9. The second-order valence-corrected chi connectivity index (χ2v) is 27.2. The van der Waals surface area contributed by atoms with Gasteiger partial charge in [-0.25, -0.2) is 19.4 Å². The number of hydrogen-bond acceptors (Lipinski definition) is 15. The Labute approximate surface area is 567 Å². The van der Waals surface area contributed by atoms with Crippen LogP contribution >= 0.6 is 11.3 Å². The van der Waals surface area contributed by atoms with Crippen molar-refractivity contribution in [3.8, 4) is 39.2 Å². The van der Waals surface area contributed by atoms with Crippen LogP contribution in [0.15, 0.2) is 126 Å². The second-order valence-electron chi connectivity index (χ2n) is 26.3. The lowest BCUT2D eigenvalue weighted by Crippen LogP contribution is -2.59. The number of nitrogens with one attached hydrogen (secondary N) is 4. The molecule has 7 heterocycles. The Bertz CT molecular complexity index is 4400. The zero-order valence-corrected chi connectivity index (χ0v) is 55.4. The summed E-state index contributed by atoms with van der Waals surface area (Å²) in [5, 5.41) is 23.4. The van der Waals surface area contributed by atoms with Crippen LogP contribution in [0.2, 0.25) is 0 Å². The molecule has 6 amide bonds. The predicted molar refractivity (Wildman–Crippen MR) is 360 cm³/mol. The minimum atomic E-state index is -4.85. The average molecular weight is 1360 g/mol. The Morgan fingerprint density at radius 3 is 2.30 bits per heavy atom. The topological polar surface area (TPSA) is 262 Å². The molecule has 0 spiro atoms. The number of anilines is 2. The summed E-state index contributed by atoms with van der Waals surface area (Å²) in [5.74, 6) is 4.37. The number of halogens is 4. The lowest BCUT2D eigenvalue weighted by Gasteiger charge is -2.37. The largest absolute Gasteiger partial charge is 0.573 e. The molecule has 5 aliphatic rings. The van der Waals surface area contributed by atoms with Gasteiger partial charge in [0.05, 0.1) is 46.3 Å². The Morgan fingerprint density at radius 2 is 1.60 bits per heavy atom. The van der Waals surface area contributed by atoms with E-state index in [1.165, 1.54) is 34.4 Å². The third-order valence-electron chi connectivity index (χ3n) is 18.3. The Morgan fingerprint density at radius 1 is 0.867 bits per heavy atom. The van der Waals surface area contributed by atoms with E-state index in [-0.39, 0.29) is 62.1 Å². The third-order valence-corrected chi connectivity index (χ3v) is 19.3. The van der Waals surface area contributed by atoms with Gasteiger partial charge < -0.3 is 61.0 Å². The summed E-state index contributed by atoms with van der Waals surface area (Å²) in [6.45, 7) is 10.3. The van der Waals surface area contributed by atoms with Crippen molar-refractivity contribution in [2.75, 3.05) is 62.3 Å². The van der Waals surface area contributed by atoms with Crippen LogP contribution in [0.5, 0.6) is 5.75 Å². The van der Waals surface area contributed by atoms with Crippen LogP contribution in [0.3, 0.4) is 0 Å². The molecular weight excluding hydrogens is 1280 g/mol. The fourth-order valence-corrected chi connectivity index (χ4v) is 13.6. The van der Waals surface area contributed by atoms with Crippen LogP contribution in [0.25, 0.3) is 27.4 Å². The molecule has 0 radical (unpaired) electrons. The average Bonchev–Trinajstić information content (AvgIpc) is 1.61. The molecule has 7 aromatic rings. The smallest absolute Gasteiger partial charge is 0.406 e. The molecule has 0 bridgehead atoms. The normalized spacial score (nSPS) is 17.7. The summed E-state index contributed by atoms with van der Waals surface area (Å²) >= 11 is 1.50. The number of nitrogens with two attached hydrogens (primary N) is 1. The lowest BCUT2D eigenvalue weighted by molar-refractivity contribution is -0.274. The van der Waals surface area contributed by atoms with Crippen LogP contribution in [0.1, 0.15) is 103 Å². The van der Waals surface area contributed by atoms with E-state index < -0.39 is 59.4 Å². The number of rotatable bonds is 19. The highest BCUT2D eigenvalue weighted by Gasteiger charge is 2.53. The molecule has 3 aromatic heterocycles. The summed E-state index contributed by atoms with van der Waals surface area (Å²) in [6.07, 6.45) is -1.18. The van der Waals surface area contributed by atoms with Gasteiger partial charge in [0.15, 0.2) is 5.67 Å². The summed E-state index contributed by atoms with van der Waals surface area (Å²) in [7, 11) is 0. The third kappa shape index (κ3) is 15.5. The maximum atomic E-state index is 14.9. The van der Waals surface area contributed by atoms with Gasteiger partial charge in [-0.2, -0.15) is 0 Å². The van der Waals surface area contributed by atoms with Crippen LogP contribution in [0.4, 0.5) is 29.1 Å². The van der Waals surface area contributed by atoms with Gasteiger partial charge in [-0.1, -0.05) is 75.1 Å². The van der Waals surface area contributed by atoms with Crippen molar-refractivity contribution >= 4 is 64.1 Å². The molecule has 21 nitrogen and oxygen atoms in total. The number of ether oxygens (including phenoxy) is 1. The molecule has 2 saturated heterocycles. The molecule has 4 aromatic carbocycles. The molecule has 0 unspecified atom stereocenters. The number of piperazine rings is 1. The molecule has 4 aliphatic heterocycles. The van der Waals surface area contributed by atoms with Gasteiger partial charge in [0, 0.05) is 99.1 Å². The summed E-state index contributed by atoms with van der Waals surface area (Å²) < 4.78 is 59.5. The Kier molecular flexibility index (Phi) is 19.5. The van der Waals surface area contributed by atoms with E-state index in [1.807, 2.05) is 72.3 Å². The number of pyridine rings is 1. The highest BCUT2D eigenvalue weighted by Crippen LogP contribution is 2.41. The van der Waals surface area contributed by atoms with E-state index in [0.29, 0.717) is 110 Å². The van der Waals surface area contributed by atoms with Crippen molar-refractivity contribution in [3.05, 3.63) is 171 Å². The van der Waals surface area contributed by atoms with Crippen molar-refractivity contribution < 1.29 is 56.2 Å². The van der Waals surface area contributed by atoms with Gasteiger partial charge in [-0.05, 0) is 127 Å². The molecule has 12 rings (SSSR count). The number of carbonyl (C=O) groups excluding carboxylic acids is 6. The molecular formula is C72H75F4N13O8S. The molecule has 1 saturated carbocycles. The fourth-order valence-electron chi connectivity index (χ4n) is 12.8. The number of amides is 6. The van der Waals surface area contributed by atoms with Crippen molar-refractivity contribution in [2.24, 2.45) is 16.1 Å². The van der Waals surface area contributed by atoms with Gasteiger partial charge in [0.1, 0.15) is 41.6 Å². The SMILES string of the molecule is Cc1ncsc1-c1ccc([C@H](CC(=O)N2CCN(c3ccc(C#Cc4ccc(C(=O)NCCCn5cc(-c6ccc7c(c6)CCN7C(=O)Cc6cccc(OC(F)(F)F)c6)c6c5=NCNC=6N)cc4)cn3)CC2)NC(=O)[C@@H]2C[C@@H](O)CN2C(=O)[C@@H](NC(=O)C2(F)CC2)C(C)(C)C)cc1. The lowest BCUT2D eigenvalue weighted by atomic mass is 9.85. The molecule has 4 atom stereocenters. The van der Waals surface area contributed by atoms with Gasteiger partial charge in [-0.3, -0.25) is 28.8 Å². The van der Waals surface area contributed by atoms with Gasteiger partial charge in [0.25, 0.3) is 11.8 Å². The number of alkyl halides is 4. The van der Waals surface area contributed by atoms with Gasteiger partial charge in [0.2, 0.25) is 23.6 Å². The number of β-amino-alcohol motifs (C(OH)–C–C–N with tert-alkyl or cyclic N) is 1. The Balaban J connectivity index is 0.622. The number of thiazole rings is 1. The monoisotopic (exact) mass is 1360 g/mol. The van der Waals surface area contributed by atoms with E-state index >= 15 is 0 Å². The minimum Gasteiger partial charge on any atom is -0.406 e. The van der Waals surface area contributed by atoms with Crippen LogP contribution in [-0.4, -0.2) is 148 Å². The zero-order chi connectivity index (χ0) is 69.2. The molecule has 98 heavy (non-hydrogen) atoms. The summed E-state index contributed by atoms with van der Waals surface area (Å²) in [5.41, 5.74) is 14.2. The molecule has 7 N–H and O–H groups in total. The van der Waals surface area contributed by atoms with Crippen LogP contribution in [0, 0.1) is 24.2 Å². The number of aryl methyl sites for hydroxylation is 2. The van der Waals surface area contributed by atoms with E-state index in [9.17, 15) is 51.4 Å². The van der Waals surface area contributed by atoms with Crippen molar-refractivity contribution in [2.45, 2.75) is 115 Å². The number of fused-ring (bicyclic) bond motifs is 2. The number of benzene rings is 4. The summed E-state index contributed by atoms with van der Waals surface area (Å²) in [4.78, 5) is 104. The number of hydrogen-bond donors (Lipinski definition) is 6. The molecule has 510 valence electrons. The number of likely N-dealkylation sites (tertiary alicyclic amines) is 1. The predicted octanol–water partition coefficient (Wildman–Crippen LogP) is 6.33. The van der Waals surface area contributed by atoms with E-state index in [0.717, 1.165) is 43.7 Å². The number of nitrogens with zero attached hydrogens (tertiary/aromatic N) is 8. The number of aliphatic hydroxyl groups is 1. The maximum Gasteiger partial charge on any atom is 0.573 e.